The van der Waals surface area contributed by atoms with Crippen molar-refractivity contribution in [2.45, 2.75) is 38.1 Å². The van der Waals surface area contributed by atoms with Gasteiger partial charge in [-0.2, -0.15) is 5.26 Å². The predicted molar refractivity (Wildman–Crippen MR) is 60.5 cm³/mol. The molecule has 2 aliphatic rings. The number of piperidine rings is 1. The molecule has 0 aromatic heterocycles. The minimum Gasteiger partial charge on any atom is -0.302 e. The third-order valence-corrected chi connectivity index (χ3v) is 3.69. The van der Waals surface area contributed by atoms with E-state index in [0.29, 0.717) is 12.6 Å². The van der Waals surface area contributed by atoms with Crippen molar-refractivity contribution in [2.24, 2.45) is 0 Å². The van der Waals surface area contributed by atoms with E-state index < -0.39 is 0 Å². The molecular weight excluding hydrogens is 186 g/mol. The normalized spacial score (nSPS) is 29.1. The quantitative estimate of drug-likeness (QED) is 0.656. The van der Waals surface area contributed by atoms with Crippen molar-refractivity contribution in [3.63, 3.8) is 0 Å². The van der Waals surface area contributed by atoms with E-state index in [1.807, 2.05) is 0 Å². The van der Waals surface area contributed by atoms with E-state index in [-0.39, 0.29) is 0 Å². The van der Waals surface area contributed by atoms with Gasteiger partial charge in [0.15, 0.2) is 0 Å². The molecule has 0 N–H and O–H groups in total. The lowest BCUT2D eigenvalue weighted by atomic mass is 10.1. The van der Waals surface area contributed by atoms with E-state index in [9.17, 15) is 0 Å². The zero-order valence-electron chi connectivity index (χ0n) is 9.49. The van der Waals surface area contributed by atoms with Gasteiger partial charge in [-0.1, -0.05) is 6.42 Å². The van der Waals surface area contributed by atoms with Crippen LogP contribution in [0.1, 0.15) is 32.1 Å². The fourth-order valence-electron chi connectivity index (χ4n) is 2.84. The smallest absolute Gasteiger partial charge is 0.0868 e. The van der Waals surface area contributed by atoms with Crippen molar-refractivity contribution < 1.29 is 0 Å². The van der Waals surface area contributed by atoms with Crippen LogP contribution < -0.4 is 0 Å². The number of nitriles is 1. The zero-order chi connectivity index (χ0) is 10.5. The standard InChI is InChI=1S/C12H21N3/c13-6-10-15-9-4-5-12(15)11-14-7-2-1-3-8-14/h12H,1-5,7-11H2. The molecule has 2 fully saturated rings. The summed E-state index contributed by atoms with van der Waals surface area (Å²) in [6.07, 6.45) is 6.71. The van der Waals surface area contributed by atoms with Gasteiger partial charge in [0.1, 0.15) is 0 Å². The Morgan fingerprint density at radius 1 is 1.07 bits per heavy atom. The Kier molecular flexibility index (Phi) is 3.99. The van der Waals surface area contributed by atoms with Crippen LogP contribution in [0.2, 0.25) is 0 Å². The molecule has 0 aromatic rings. The van der Waals surface area contributed by atoms with E-state index in [2.05, 4.69) is 15.9 Å². The van der Waals surface area contributed by atoms with Gasteiger partial charge >= 0.3 is 0 Å². The maximum Gasteiger partial charge on any atom is 0.0868 e. The molecule has 1 unspecified atom stereocenters. The van der Waals surface area contributed by atoms with Crippen LogP contribution in [0.25, 0.3) is 0 Å². The maximum atomic E-state index is 8.75. The second-order valence-corrected chi connectivity index (χ2v) is 4.79. The van der Waals surface area contributed by atoms with Gasteiger partial charge in [0.25, 0.3) is 0 Å². The molecule has 2 saturated heterocycles. The Morgan fingerprint density at radius 3 is 2.60 bits per heavy atom. The summed E-state index contributed by atoms with van der Waals surface area (Å²) < 4.78 is 0. The van der Waals surface area contributed by atoms with Crippen LogP contribution in [0, 0.1) is 11.3 Å². The Labute approximate surface area is 92.7 Å². The third-order valence-electron chi connectivity index (χ3n) is 3.69. The van der Waals surface area contributed by atoms with Gasteiger partial charge in [-0.15, -0.1) is 0 Å². The highest BCUT2D eigenvalue weighted by atomic mass is 15.2. The van der Waals surface area contributed by atoms with Gasteiger partial charge in [-0.25, -0.2) is 0 Å². The Balaban J connectivity index is 1.79. The number of likely N-dealkylation sites (tertiary alicyclic amines) is 2. The molecule has 0 amide bonds. The first-order chi connectivity index (χ1) is 7.40. The van der Waals surface area contributed by atoms with Gasteiger partial charge in [0, 0.05) is 12.6 Å². The van der Waals surface area contributed by atoms with Gasteiger partial charge in [-0.05, 0) is 45.3 Å². The lowest BCUT2D eigenvalue weighted by Crippen LogP contribution is -2.42. The number of rotatable bonds is 3. The average molecular weight is 207 g/mol. The molecule has 0 bridgehead atoms. The summed E-state index contributed by atoms with van der Waals surface area (Å²) in [7, 11) is 0. The molecule has 2 heterocycles. The molecule has 2 rings (SSSR count). The SMILES string of the molecule is N#CCN1CCCC1CN1CCCCC1. The summed E-state index contributed by atoms with van der Waals surface area (Å²) in [6.45, 7) is 5.50. The molecule has 0 radical (unpaired) electrons. The van der Waals surface area contributed by atoms with Crippen molar-refractivity contribution >= 4 is 0 Å². The highest BCUT2D eigenvalue weighted by molar-refractivity contribution is 4.88. The van der Waals surface area contributed by atoms with Crippen LogP contribution in [0.3, 0.4) is 0 Å². The van der Waals surface area contributed by atoms with Crippen LogP contribution in [-0.4, -0.2) is 48.6 Å². The minimum absolute atomic E-state index is 0.624. The van der Waals surface area contributed by atoms with Crippen LogP contribution in [0.5, 0.6) is 0 Å². The van der Waals surface area contributed by atoms with Gasteiger partial charge in [0.2, 0.25) is 0 Å². The van der Waals surface area contributed by atoms with Crippen molar-refractivity contribution in [3.8, 4) is 6.07 Å². The maximum absolute atomic E-state index is 8.75. The summed E-state index contributed by atoms with van der Waals surface area (Å²) in [5, 5.41) is 8.75. The summed E-state index contributed by atoms with van der Waals surface area (Å²) in [5.41, 5.74) is 0. The summed E-state index contributed by atoms with van der Waals surface area (Å²) >= 11 is 0. The minimum atomic E-state index is 0.624. The van der Waals surface area contributed by atoms with Crippen LogP contribution in [-0.2, 0) is 0 Å². The number of hydrogen-bond acceptors (Lipinski definition) is 3. The lowest BCUT2D eigenvalue weighted by molar-refractivity contribution is 0.162. The first kappa shape index (κ1) is 10.9. The Hall–Kier alpha value is -0.590. The summed E-state index contributed by atoms with van der Waals surface area (Å²) in [6, 6.07) is 2.94. The molecule has 3 nitrogen and oxygen atoms in total. The van der Waals surface area contributed by atoms with E-state index in [1.54, 1.807) is 0 Å². The topological polar surface area (TPSA) is 30.3 Å². The first-order valence-corrected chi connectivity index (χ1v) is 6.23. The first-order valence-electron chi connectivity index (χ1n) is 6.23. The Bertz CT molecular complexity index is 228. The van der Waals surface area contributed by atoms with Crippen molar-refractivity contribution in [2.75, 3.05) is 32.7 Å². The highest BCUT2D eigenvalue weighted by Crippen LogP contribution is 2.19. The third kappa shape index (κ3) is 2.93. The average Bonchev–Trinajstić information content (AvgIpc) is 2.68. The molecule has 0 spiro atoms. The van der Waals surface area contributed by atoms with E-state index in [4.69, 9.17) is 5.26 Å². The molecule has 84 valence electrons. The van der Waals surface area contributed by atoms with Crippen molar-refractivity contribution in [3.05, 3.63) is 0 Å². The van der Waals surface area contributed by atoms with Crippen LogP contribution in [0.4, 0.5) is 0 Å². The zero-order valence-corrected chi connectivity index (χ0v) is 9.49. The molecule has 0 aromatic carbocycles. The van der Waals surface area contributed by atoms with Gasteiger partial charge < -0.3 is 4.90 Å². The molecule has 1 atom stereocenters. The largest absolute Gasteiger partial charge is 0.302 e. The molecule has 15 heavy (non-hydrogen) atoms. The lowest BCUT2D eigenvalue weighted by Gasteiger charge is -2.32. The van der Waals surface area contributed by atoms with Crippen molar-refractivity contribution in [1.29, 1.82) is 5.26 Å². The molecule has 2 aliphatic heterocycles. The summed E-state index contributed by atoms with van der Waals surface area (Å²) in [5.74, 6) is 0. The summed E-state index contributed by atoms with van der Waals surface area (Å²) in [4.78, 5) is 4.94. The fraction of sp³-hybridized carbons (Fsp3) is 0.917. The molecule has 3 heteroatoms. The van der Waals surface area contributed by atoms with Gasteiger partial charge in [0.05, 0.1) is 12.6 Å². The van der Waals surface area contributed by atoms with Crippen molar-refractivity contribution in [1.82, 2.24) is 9.80 Å². The van der Waals surface area contributed by atoms with Crippen LogP contribution >= 0.6 is 0 Å². The van der Waals surface area contributed by atoms with E-state index in [0.717, 1.165) is 6.54 Å². The van der Waals surface area contributed by atoms with Crippen LogP contribution in [0.15, 0.2) is 0 Å². The van der Waals surface area contributed by atoms with E-state index in [1.165, 1.54) is 51.7 Å². The second-order valence-electron chi connectivity index (χ2n) is 4.79. The monoisotopic (exact) mass is 207 g/mol. The van der Waals surface area contributed by atoms with E-state index >= 15 is 0 Å². The molecular formula is C12H21N3. The Morgan fingerprint density at radius 2 is 1.87 bits per heavy atom. The molecule has 0 aliphatic carbocycles. The fourth-order valence-corrected chi connectivity index (χ4v) is 2.84. The van der Waals surface area contributed by atoms with Gasteiger partial charge in [-0.3, -0.25) is 4.90 Å². The number of hydrogen-bond donors (Lipinski definition) is 0. The number of nitrogens with zero attached hydrogens (tertiary/aromatic N) is 3. The second kappa shape index (κ2) is 5.48. The highest BCUT2D eigenvalue weighted by Gasteiger charge is 2.26. The molecule has 0 saturated carbocycles. The predicted octanol–water partition coefficient (Wildman–Crippen LogP) is 1.46.